The minimum atomic E-state index is -2.35. The normalized spacial score (nSPS) is 46.8. The summed E-state index contributed by atoms with van der Waals surface area (Å²) in [5.41, 5.74) is 8.30. The first-order chi connectivity index (χ1) is 13.2. The molecule has 2 saturated heterocycles. The van der Waals surface area contributed by atoms with Crippen LogP contribution < -0.4 is 0 Å². The van der Waals surface area contributed by atoms with E-state index < -0.39 is 80.5 Å². The summed E-state index contributed by atoms with van der Waals surface area (Å²) in [7, 11) is 0. The minimum Gasteiger partial charge on any atom is -0.394 e. The van der Waals surface area contributed by atoms with Gasteiger partial charge in [-0.05, 0) is 5.53 Å². The molecule has 1 unspecified atom stereocenters. The smallest absolute Gasteiger partial charge is 0.195 e. The summed E-state index contributed by atoms with van der Waals surface area (Å²) in [5, 5.41) is 82.5. The van der Waals surface area contributed by atoms with E-state index in [1.54, 1.807) is 0 Å². The van der Waals surface area contributed by atoms with E-state index in [1.165, 1.54) is 0 Å². The van der Waals surface area contributed by atoms with Crippen LogP contribution in [-0.4, -0.2) is 122 Å². The van der Waals surface area contributed by atoms with Gasteiger partial charge in [-0.3, -0.25) is 0 Å². The molecule has 0 saturated carbocycles. The van der Waals surface area contributed by atoms with E-state index in [2.05, 4.69) is 10.0 Å². The first kappa shape index (κ1) is 23.2. The number of nitrogens with zero attached hydrogens (tertiary/aromatic N) is 3. The highest BCUT2D eigenvalue weighted by molar-refractivity contribution is 4.98. The van der Waals surface area contributed by atoms with Crippen LogP contribution in [0.25, 0.3) is 10.4 Å². The Morgan fingerprint density at radius 1 is 0.964 bits per heavy atom. The van der Waals surface area contributed by atoms with Crippen molar-refractivity contribution in [2.45, 2.75) is 67.3 Å². The van der Waals surface area contributed by atoms with E-state index in [-0.39, 0.29) is 6.54 Å². The van der Waals surface area contributed by atoms with Gasteiger partial charge in [0.2, 0.25) is 0 Å². The standard InChI is InChI=1S/C14H25N3O11/c15-17-16-2-1-14(25)12(24)10(23)11(6(4-19)28-14)27-13-9(22)8(21)7(20)5(3-18)26-13/h5-13,18-25H,1-4H2/t5-,6-,7+,8+,9-,10+,11-,12-,13+,14?/m1/s1. The van der Waals surface area contributed by atoms with Crippen molar-refractivity contribution in [1.82, 2.24) is 0 Å². The average molecular weight is 411 g/mol. The number of hydrogen-bond acceptors (Lipinski definition) is 12. The zero-order chi connectivity index (χ0) is 21.1. The lowest BCUT2D eigenvalue weighted by Gasteiger charge is -2.49. The van der Waals surface area contributed by atoms with Crippen molar-refractivity contribution in [3.63, 3.8) is 0 Å². The molecule has 10 atom stereocenters. The molecule has 2 fully saturated rings. The largest absolute Gasteiger partial charge is 0.394 e. The Balaban J connectivity index is 2.15. The molecule has 14 heteroatoms. The second kappa shape index (κ2) is 9.58. The topological polar surface area (TPSA) is 238 Å². The predicted molar refractivity (Wildman–Crippen MR) is 86.2 cm³/mol. The molecule has 162 valence electrons. The van der Waals surface area contributed by atoms with Gasteiger partial charge in [0.25, 0.3) is 0 Å². The fourth-order valence-corrected chi connectivity index (χ4v) is 3.17. The monoisotopic (exact) mass is 411 g/mol. The summed E-state index contributed by atoms with van der Waals surface area (Å²) in [6.45, 7) is -1.76. The lowest BCUT2D eigenvalue weighted by Crippen LogP contribution is -2.68. The molecule has 0 amide bonds. The summed E-state index contributed by atoms with van der Waals surface area (Å²) in [6.07, 6.45) is -15.2. The third kappa shape index (κ3) is 4.54. The van der Waals surface area contributed by atoms with Gasteiger partial charge in [0, 0.05) is 17.9 Å². The van der Waals surface area contributed by atoms with Crippen molar-refractivity contribution in [2.24, 2.45) is 5.11 Å². The molecule has 8 N–H and O–H groups in total. The van der Waals surface area contributed by atoms with Crippen molar-refractivity contribution in [3.05, 3.63) is 10.4 Å². The van der Waals surface area contributed by atoms with Crippen molar-refractivity contribution >= 4 is 0 Å². The number of aliphatic hydroxyl groups is 8. The van der Waals surface area contributed by atoms with Gasteiger partial charge in [-0.2, -0.15) is 0 Å². The summed E-state index contributed by atoms with van der Waals surface area (Å²) in [6, 6.07) is 0. The molecule has 2 heterocycles. The first-order valence-corrected chi connectivity index (χ1v) is 8.54. The lowest BCUT2D eigenvalue weighted by atomic mass is 9.90. The molecular formula is C14H25N3O11. The van der Waals surface area contributed by atoms with Crippen LogP contribution >= 0.6 is 0 Å². The van der Waals surface area contributed by atoms with Crippen molar-refractivity contribution in [3.8, 4) is 0 Å². The molecule has 2 aliphatic rings. The minimum absolute atomic E-state index is 0.271. The summed E-state index contributed by atoms with van der Waals surface area (Å²) in [5.74, 6) is -2.35. The third-order valence-corrected chi connectivity index (χ3v) is 4.80. The van der Waals surface area contributed by atoms with Crippen LogP contribution in [0.5, 0.6) is 0 Å². The second-order valence-electron chi connectivity index (χ2n) is 6.62. The van der Waals surface area contributed by atoms with E-state index in [0.29, 0.717) is 0 Å². The number of ether oxygens (including phenoxy) is 3. The Labute approximate surface area is 158 Å². The fourth-order valence-electron chi connectivity index (χ4n) is 3.17. The summed E-state index contributed by atoms with van der Waals surface area (Å²) >= 11 is 0. The molecule has 0 radical (unpaired) electrons. The molecule has 0 aromatic heterocycles. The maximum atomic E-state index is 10.4. The number of azide groups is 1. The van der Waals surface area contributed by atoms with Crippen LogP contribution in [0.1, 0.15) is 6.42 Å². The molecule has 28 heavy (non-hydrogen) atoms. The second-order valence-corrected chi connectivity index (χ2v) is 6.62. The van der Waals surface area contributed by atoms with E-state index in [0.717, 1.165) is 0 Å². The van der Waals surface area contributed by atoms with Crippen LogP contribution in [0.2, 0.25) is 0 Å². The van der Waals surface area contributed by atoms with Gasteiger partial charge in [0.15, 0.2) is 12.1 Å². The van der Waals surface area contributed by atoms with Gasteiger partial charge in [-0.25, -0.2) is 0 Å². The Hall–Kier alpha value is -1.13. The Morgan fingerprint density at radius 2 is 1.61 bits per heavy atom. The maximum Gasteiger partial charge on any atom is 0.195 e. The van der Waals surface area contributed by atoms with Crippen molar-refractivity contribution < 1.29 is 55.1 Å². The maximum absolute atomic E-state index is 10.4. The molecule has 0 aliphatic carbocycles. The van der Waals surface area contributed by atoms with Gasteiger partial charge < -0.3 is 55.1 Å². The van der Waals surface area contributed by atoms with E-state index in [1.807, 2.05) is 0 Å². The fraction of sp³-hybridized carbons (Fsp3) is 1.00. The van der Waals surface area contributed by atoms with Gasteiger partial charge in [-0.1, -0.05) is 5.11 Å². The van der Waals surface area contributed by atoms with Gasteiger partial charge in [0.1, 0.15) is 48.8 Å². The highest BCUT2D eigenvalue weighted by atomic mass is 16.7. The Morgan fingerprint density at radius 3 is 2.18 bits per heavy atom. The van der Waals surface area contributed by atoms with Crippen LogP contribution in [0, 0.1) is 0 Å². The highest BCUT2D eigenvalue weighted by Crippen LogP contribution is 2.34. The lowest BCUT2D eigenvalue weighted by molar-refractivity contribution is -0.384. The molecule has 0 aromatic carbocycles. The van der Waals surface area contributed by atoms with E-state index in [4.69, 9.17) is 19.7 Å². The molecule has 0 bridgehead atoms. The number of aliphatic hydroxyl groups excluding tert-OH is 7. The Bertz CT molecular complexity index is 561. The van der Waals surface area contributed by atoms with E-state index in [9.17, 15) is 40.9 Å². The zero-order valence-electron chi connectivity index (χ0n) is 14.7. The Kier molecular flexibility index (Phi) is 7.92. The third-order valence-electron chi connectivity index (χ3n) is 4.80. The quantitative estimate of drug-likeness (QED) is 0.113. The van der Waals surface area contributed by atoms with Crippen LogP contribution in [0.4, 0.5) is 0 Å². The SMILES string of the molecule is [N-]=[N+]=NCCC1(O)O[C@H](CO)[C@@H](O[C@@H]2O[C@H](CO)[C@H](O)[C@H](O)[C@H]2O)[C@H](O)[C@H]1O. The zero-order valence-corrected chi connectivity index (χ0v) is 14.7. The molecule has 14 nitrogen and oxygen atoms in total. The summed E-state index contributed by atoms with van der Waals surface area (Å²) < 4.78 is 15.8. The number of rotatable bonds is 7. The first-order valence-electron chi connectivity index (χ1n) is 8.54. The molecular weight excluding hydrogens is 386 g/mol. The van der Waals surface area contributed by atoms with Gasteiger partial charge >= 0.3 is 0 Å². The summed E-state index contributed by atoms with van der Waals surface area (Å²) in [4.78, 5) is 2.49. The van der Waals surface area contributed by atoms with Crippen LogP contribution in [0.3, 0.4) is 0 Å². The van der Waals surface area contributed by atoms with Crippen molar-refractivity contribution in [1.29, 1.82) is 0 Å². The molecule has 2 aliphatic heterocycles. The average Bonchev–Trinajstić information content (AvgIpc) is 2.68. The van der Waals surface area contributed by atoms with Gasteiger partial charge in [0.05, 0.1) is 13.2 Å². The molecule has 2 rings (SSSR count). The molecule has 0 aromatic rings. The van der Waals surface area contributed by atoms with Crippen LogP contribution in [0.15, 0.2) is 5.11 Å². The van der Waals surface area contributed by atoms with Gasteiger partial charge in [-0.15, -0.1) is 0 Å². The molecule has 0 spiro atoms. The predicted octanol–water partition coefficient (Wildman–Crippen LogP) is -4.33. The highest BCUT2D eigenvalue weighted by Gasteiger charge is 2.55. The van der Waals surface area contributed by atoms with Crippen molar-refractivity contribution in [2.75, 3.05) is 19.8 Å². The van der Waals surface area contributed by atoms with Crippen LogP contribution in [-0.2, 0) is 14.2 Å². The van der Waals surface area contributed by atoms with E-state index >= 15 is 0 Å². The number of hydrogen-bond donors (Lipinski definition) is 8.